The van der Waals surface area contributed by atoms with Crippen LogP contribution < -0.4 is 4.72 Å². The lowest BCUT2D eigenvalue weighted by Gasteiger charge is -2.16. The van der Waals surface area contributed by atoms with Crippen molar-refractivity contribution >= 4 is 27.6 Å². The van der Waals surface area contributed by atoms with Gasteiger partial charge in [-0.05, 0) is 30.0 Å². The first-order valence-corrected chi connectivity index (χ1v) is 8.30. The van der Waals surface area contributed by atoms with Crippen LogP contribution in [0.25, 0.3) is 0 Å². The average molecular weight is 338 g/mol. The van der Waals surface area contributed by atoms with Crippen molar-refractivity contribution in [3.63, 3.8) is 0 Å². The van der Waals surface area contributed by atoms with Crippen LogP contribution in [0.1, 0.15) is 25.8 Å². The number of halogens is 2. The second-order valence-electron chi connectivity index (χ2n) is 5.15. The van der Waals surface area contributed by atoms with Crippen LogP contribution >= 0.6 is 11.6 Å². The van der Waals surface area contributed by atoms with E-state index in [1.165, 1.54) is 12.1 Å². The summed E-state index contributed by atoms with van der Waals surface area (Å²) in [6.07, 6.45) is 0.179. The first kappa shape index (κ1) is 17.9. The summed E-state index contributed by atoms with van der Waals surface area (Å²) >= 11 is 5.58. The third-order valence-corrected chi connectivity index (χ3v) is 4.31. The number of carboxylic acids is 1. The highest BCUT2D eigenvalue weighted by Gasteiger charge is 2.25. The highest BCUT2D eigenvalue weighted by Crippen LogP contribution is 2.18. The lowest BCUT2D eigenvalue weighted by atomic mass is 10.1. The van der Waals surface area contributed by atoms with Crippen molar-refractivity contribution in [3.8, 4) is 0 Å². The van der Waals surface area contributed by atoms with E-state index in [4.69, 9.17) is 16.7 Å². The highest BCUT2D eigenvalue weighted by atomic mass is 35.5. The molecule has 118 valence electrons. The zero-order chi connectivity index (χ0) is 16.2. The normalized spacial score (nSPS) is 13.4. The number of carboxylic acid groups (broad SMARTS) is 1. The summed E-state index contributed by atoms with van der Waals surface area (Å²) in [6, 6.07) is 2.37. The van der Waals surface area contributed by atoms with Crippen molar-refractivity contribution in [3.05, 3.63) is 34.6 Å². The van der Waals surface area contributed by atoms with E-state index in [0.29, 0.717) is 0 Å². The van der Waals surface area contributed by atoms with Crippen molar-refractivity contribution in [2.45, 2.75) is 32.1 Å². The molecule has 1 aromatic carbocycles. The van der Waals surface area contributed by atoms with Crippen molar-refractivity contribution in [2.75, 3.05) is 0 Å². The Bertz CT molecular complexity index is 619. The lowest BCUT2D eigenvalue weighted by molar-refractivity contribution is -0.139. The van der Waals surface area contributed by atoms with Gasteiger partial charge in [-0.3, -0.25) is 4.79 Å². The Morgan fingerprint density at radius 1 is 1.43 bits per heavy atom. The summed E-state index contributed by atoms with van der Waals surface area (Å²) < 4.78 is 39.1. The van der Waals surface area contributed by atoms with Crippen molar-refractivity contribution in [1.29, 1.82) is 0 Å². The third-order valence-electron chi connectivity index (χ3n) is 2.67. The van der Waals surface area contributed by atoms with E-state index < -0.39 is 33.6 Å². The molecular formula is C13H17ClFNO4S. The molecule has 0 aliphatic heterocycles. The number of hydrogen-bond donors (Lipinski definition) is 2. The molecule has 1 aromatic rings. The Morgan fingerprint density at radius 2 is 2.05 bits per heavy atom. The molecule has 0 fully saturated rings. The Morgan fingerprint density at radius 3 is 2.52 bits per heavy atom. The van der Waals surface area contributed by atoms with E-state index in [1.54, 1.807) is 13.8 Å². The van der Waals surface area contributed by atoms with Gasteiger partial charge in [0, 0.05) is 0 Å². The Hall–Kier alpha value is -1.18. The fourth-order valence-electron chi connectivity index (χ4n) is 1.78. The minimum absolute atomic E-state index is 0.0223. The maximum Gasteiger partial charge on any atom is 0.321 e. The number of aliphatic carboxylic acids is 1. The molecular weight excluding hydrogens is 321 g/mol. The van der Waals surface area contributed by atoms with Gasteiger partial charge in [-0.2, -0.15) is 0 Å². The second-order valence-corrected chi connectivity index (χ2v) is 7.31. The molecule has 0 saturated heterocycles. The maximum absolute atomic E-state index is 13.0. The summed E-state index contributed by atoms with van der Waals surface area (Å²) in [5, 5.41) is 8.85. The van der Waals surface area contributed by atoms with Crippen LogP contribution in [-0.2, 0) is 20.6 Å². The van der Waals surface area contributed by atoms with Gasteiger partial charge in [0.2, 0.25) is 10.0 Å². The van der Waals surface area contributed by atoms with E-state index in [-0.39, 0.29) is 22.9 Å². The standard InChI is InChI=1S/C13H17ClFNO4S/c1-8(2)5-12(13(17)18)16-21(19,20)7-9-3-4-11(15)10(14)6-9/h3-4,6,8,12,16H,5,7H2,1-2H3,(H,17,18)/t12-/m0/s1. The highest BCUT2D eigenvalue weighted by molar-refractivity contribution is 7.88. The van der Waals surface area contributed by atoms with Crippen LogP contribution in [0.3, 0.4) is 0 Å². The summed E-state index contributed by atoms with van der Waals surface area (Å²) in [7, 11) is -3.87. The van der Waals surface area contributed by atoms with Gasteiger partial charge < -0.3 is 5.11 Å². The maximum atomic E-state index is 13.0. The van der Waals surface area contributed by atoms with Gasteiger partial charge in [0.25, 0.3) is 0 Å². The van der Waals surface area contributed by atoms with Crippen LogP contribution in [0, 0.1) is 11.7 Å². The zero-order valence-corrected chi connectivity index (χ0v) is 13.2. The van der Waals surface area contributed by atoms with E-state index in [0.717, 1.165) is 6.07 Å². The molecule has 0 radical (unpaired) electrons. The van der Waals surface area contributed by atoms with E-state index in [2.05, 4.69) is 4.72 Å². The molecule has 2 N–H and O–H groups in total. The molecule has 1 atom stereocenters. The molecule has 0 aromatic heterocycles. The molecule has 21 heavy (non-hydrogen) atoms. The zero-order valence-electron chi connectivity index (χ0n) is 11.6. The first-order valence-electron chi connectivity index (χ1n) is 6.27. The van der Waals surface area contributed by atoms with Crippen molar-refractivity contribution in [2.24, 2.45) is 5.92 Å². The van der Waals surface area contributed by atoms with Gasteiger partial charge >= 0.3 is 5.97 Å². The molecule has 5 nitrogen and oxygen atoms in total. The number of sulfonamides is 1. The largest absolute Gasteiger partial charge is 0.480 e. The summed E-state index contributed by atoms with van der Waals surface area (Å²) in [6.45, 7) is 3.59. The topological polar surface area (TPSA) is 83.5 Å². The summed E-state index contributed by atoms with van der Waals surface area (Å²) in [5.74, 6) is -2.32. The SMILES string of the molecule is CC(C)C[C@H](NS(=O)(=O)Cc1ccc(F)c(Cl)c1)C(=O)O. The van der Waals surface area contributed by atoms with Gasteiger partial charge in [-0.1, -0.05) is 31.5 Å². The predicted octanol–water partition coefficient (Wildman–Crippen LogP) is 2.40. The quantitative estimate of drug-likeness (QED) is 0.800. The second kappa shape index (κ2) is 7.20. The third kappa shape index (κ3) is 5.99. The minimum atomic E-state index is -3.87. The fraction of sp³-hybridized carbons (Fsp3) is 0.462. The van der Waals surface area contributed by atoms with Crippen LogP contribution in [0.2, 0.25) is 5.02 Å². The molecule has 0 bridgehead atoms. The Balaban J connectivity index is 2.84. The van der Waals surface area contributed by atoms with Crippen molar-refractivity contribution < 1.29 is 22.7 Å². The Kier molecular flexibility index (Phi) is 6.12. The van der Waals surface area contributed by atoms with Crippen LogP contribution in [0.15, 0.2) is 18.2 Å². The monoisotopic (exact) mass is 337 g/mol. The van der Waals surface area contributed by atoms with E-state index in [1.807, 2.05) is 0 Å². The van der Waals surface area contributed by atoms with Crippen LogP contribution in [0.5, 0.6) is 0 Å². The molecule has 0 saturated carbocycles. The van der Waals surface area contributed by atoms with Crippen LogP contribution in [-0.4, -0.2) is 25.5 Å². The summed E-state index contributed by atoms with van der Waals surface area (Å²) in [4.78, 5) is 11.1. The predicted molar refractivity (Wildman–Crippen MR) is 78.0 cm³/mol. The van der Waals surface area contributed by atoms with Gasteiger partial charge in [-0.15, -0.1) is 0 Å². The van der Waals surface area contributed by atoms with Crippen molar-refractivity contribution in [1.82, 2.24) is 4.72 Å². The average Bonchev–Trinajstić information content (AvgIpc) is 2.31. The van der Waals surface area contributed by atoms with E-state index in [9.17, 15) is 17.6 Å². The van der Waals surface area contributed by atoms with E-state index >= 15 is 0 Å². The molecule has 0 amide bonds. The molecule has 0 spiro atoms. The minimum Gasteiger partial charge on any atom is -0.480 e. The lowest BCUT2D eigenvalue weighted by Crippen LogP contribution is -2.42. The van der Waals surface area contributed by atoms with Gasteiger partial charge in [-0.25, -0.2) is 17.5 Å². The molecule has 0 unspecified atom stereocenters. The molecule has 8 heteroatoms. The Labute approximate surface area is 128 Å². The number of hydrogen-bond acceptors (Lipinski definition) is 3. The van der Waals surface area contributed by atoms with Crippen LogP contribution in [0.4, 0.5) is 4.39 Å². The first-order chi connectivity index (χ1) is 9.60. The number of rotatable bonds is 7. The molecule has 0 aliphatic carbocycles. The number of carbonyl (C=O) groups is 1. The smallest absolute Gasteiger partial charge is 0.321 e. The molecule has 0 heterocycles. The van der Waals surface area contributed by atoms with Gasteiger partial charge in [0.1, 0.15) is 11.9 Å². The van der Waals surface area contributed by atoms with Gasteiger partial charge in [0.15, 0.2) is 0 Å². The number of benzene rings is 1. The fourth-order valence-corrected chi connectivity index (χ4v) is 3.31. The number of nitrogens with one attached hydrogen (secondary N) is 1. The molecule has 1 rings (SSSR count). The summed E-state index contributed by atoms with van der Waals surface area (Å²) in [5.41, 5.74) is 0.280. The van der Waals surface area contributed by atoms with Gasteiger partial charge in [0.05, 0.1) is 10.8 Å². The molecule has 0 aliphatic rings.